The molecule has 0 saturated heterocycles. The number of nitrogens with one attached hydrogen (secondary N) is 1. The van der Waals surface area contributed by atoms with Crippen molar-refractivity contribution in [2.24, 2.45) is 0 Å². The van der Waals surface area contributed by atoms with Crippen LogP contribution in [0.3, 0.4) is 0 Å². The monoisotopic (exact) mass is 269 g/mol. The van der Waals surface area contributed by atoms with E-state index in [1.165, 1.54) is 10.3 Å². The van der Waals surface area contributed by atoms with Gasteiger partial charge in [0.1, 0.15) is 0 Å². The van der Waals surface area contributed by atoms with Crippen molar-refractivity contribution < 1.29 is 0 Å². The minimum atomic E-state index is 0.710. The summed E-state index contributed by atoms with van der Waals surface area (Å²) in [5, 5.41) is 4.31. The van der Waals surface area contributed by atoms with Crippen LogP contribution < -0.4 is 5.32 Å². The van der Waals surface area contributed by atoms with E-state index in [0.717, 1.165) is 22.8 Å². The van der Waals surface area contributed by atoms with E-state index in [-0.39, 0.29) is 0 Å². The fraction of sp³-hybridized carbons (Fsp3) is 0.200. The summed E-state index contributed by atoms with van der Waals surface area (Å²) in [6, 6.07) is 12.3. The van der Waals surface area contributed by atoms with Crippen molar-refractivity contribution in [3.05, 3.63) is 53.9 Å². The fourth-order valence-corrected chi connectivity index (χ4v) is 2.94. The van der Waals surface area contributed by atoms with Gasteiger partial charge in [-0.1, -0.05) is 36.5 Å². The van der Waals surface area contributed by atoms with Gasteiger partial charge in [-0.2, -0.15) is 0 Å². The van der Waals surface area contributed by atoms with Gasteiger partial charge in [-0.3, -0.25) is 4.98 Å². The molecule has 2 aromatic heterocycles. The lowest BCUT2D eigenvalue weighted by molar-refractivity contribution is 1.04. The minimum Gasteiger partial charge on any atom is -0.356 e. The van der Waals surface area contributed by atoms with Crippen molar-refractivity contribution in [1.82, 2.24) is 9.97 Å². The van der Waals surface area contributed by atoms with Crippen molar-refractivity contribution in [2.75, 3.05) is 5.32 Å². The van der Waals surface area contributed by atoms with Gasteiger partial charge in [0.25, 0.3) is 0 Å². The van der Waals surface area contributed by atoms with E-state index >= 15 is 0 Å². The first kappa shape index (κ1) is 12.1. The molecule has 0 atom stereocenters. The third-order valence-electron chi connectivity index (χ3n) is 3.03. The van der Waals surface area contributed by atoms with Crippen molar-refractivity contribution in [3.63, 3.8) is 0 Å². The summed E-state index contributed by atoms with van der Waals surface area (Å²) in [5.74, 6) is 0. The number of thiazole rings is 1. The van der Waals surface area contributed by atoms with Gasteiger partial charge in [0.05, 0.1) is 22.5 Å². The summed E-state index contributed by atoms with van der Waals surface area (Å²) in [6.45, 7) is 2.87. The lowest BCUT2D eigenvalue weighted by atomic mass is 10.1. The Bertz CT molecular complexity index is 676. The molecule has 96 valence electrons. The number of hydrogen-bond donors (Lipinski definition) is 1. The molecule has 0 bridgehead atoms. The van der Waals surface area contributed by atoms with Crippen molar-refractivity contribution >= 4 is 26.7 Å². The van der Waals surface area contributed by atoms with Gasteiger partial charge in [-0.25, -0.2) is 4.98 Å². The van der Waals surface area contributed by atoms with Crippen LogP contribution in [-0.2, 0) is 13.0 Å². The second kappa shape index (κ2) is 5.36. The van der Waals surface area contributed by atoms with Gasteiger partial charge < -0.3 is 5.32 Å². The van der Waals surface area contributed by atoms with E-state index in [0.29, 0.717) is 6.54 Å². The van der Waals surface area contributed by atoms with Gasteiger partial charge in [-0.15, -0.1) is 0 Å². The average Bonchev–Trinajstić information content (AvgIpc) is 2.89. The molecule has 1 N–H and O–H groups in total. The van der Waals surface area contributed by atoms with Crippen LogP contribution in [-0.4, -0.2) is 9.97 Å². The molecule has 0 aliphatic carbocycles. The van der Waals surface area contributed by atoms with Gasteiger partial charge in [0.2, 0.25) is 0 Å². The Hall–Kier alpha value is -1.94. The smallest absolute Gasteiger partial charge is 0.184 e. The predicted molar refractivity (Wildman–Crippen MR) is 80.6 cm³/mol. The Morgan fingerprint density at radius 2 is 2.11 bits per heavy atom. The van der Waals surface area contributed by atoms with E-state index in [2.05, 4.69) is 40.4 Å². The normalized spacial score (nSPS) is 10.8. The molecule has 0 fully saturated rings. The molecule has 3 aromatic rings. The van der Waals surface area contributed by atoms with Gasteiger partial charge in [0.15, 0.2) is 5.13 Å². The second-order valence-corrected chi connectivity index (χ2v) is 5.34. The van der Waals surface area contributed by atoms with Gasteiger partial charge in [0, 0.05) is 6.20 Å². The maximum absolute atomic E-state index is 4.68. The van der Waals surface area contributed by atoms with E-state index in [4.69, 9.17) is 0 Å². The number of rotatable bonds is 4. The van der Waals surface area contributed by atoms with Crippen LogP contribution in [0, 0.1) is 0 Å². The topological polar surface area (TPSA) is 37.8 Å². The number of pyridine rings is 1. The molecule has 0 aliphatic rings. The predicted octanol–water partition coefficient (Wildman–Crippen LogP) is 3.87. The first-order chi connectivity index (χ1) is 9.36. The third kappa shape index (κ3) is 2.58. The van der Waals surface area contributed by atoms with Crippen LogP contribution in [0.15, 0.2) is 42.6 Å². The van der Waals surface area contributed by atoms with E-state index in [1.807, 2.05) is 24.4 Å². The van der Waals surface area contributed by atoms with Crippen LogP contribution in [0.5, 0.6) is 0 Å². The summed E-state index contributed by atoms with van der Waals surface area (Å²) >= 11 is 1.70. The molecule has 1 aromatic carbocycles. The number of aryl methyl sites for hydroxylation is 1. The molecule has 19 heavy (non-hydrogen) atoms. The molecular weight excluding hydrogens is 254 g/mol. The number of benzene rings is 1. The standard InChI is InChI=1S/C15H15N3S/c1-2-11-6-5-8-13-14(11)18-15(19-13)17-10-12-7-3-4-9-16-12/h3-9H,2,10H2,1H3,(H,17,18). The molecule has 3 rings (SSSR count). The third-order valence-corrected chi connectivity index (χ3v) is 4.01. The summed E-state index contributed by atoms with van der Waals surface area (Å²) in [6.07, 6.45) is 2.82. The number of anilines is 1. The van der Waals surface area contributed by atoms with E-state index in [9.17, 15) is 0 Å². The van der Waals surface area contributed by atoms with Crippen molar-refractivity contribution in [1.29, 1.82) is 0 Å². The summed E-state index contributed by atoms with van der Waals surface area (Å²) in [4.78, 5) is 8.97. The highest BCUT2D eigenvalue weighted by Crippen LogP contribution is 2.28. The fourth-order valence-electron chi connectivity index (χ4n) is 2.04. The van der Waals surface area contributed by atoms with Gasteiger partial charge >= 0.3 is 0 Å². The highest BCUT2D eigenvalue weighted by Gasteiger charge is 2.06. The molecule has 0 spiro atoms. The van der Waals surface area contributed by atoms with Crippen molar-refractivity contribution in [2.45, 2.75) is 19.9 Å². The molecule has 0 unspecified atom stereocenters. The zero-order chi connectivity index (χ0) is 13.1. The Kier molecular flexibility index (Phi) is 3.42. The minimum absolute atomic E-state index is 0.710. The molecular formula is C15H15N3S. The van der Waals surface area contributed by atoms with Crippen LogP contribution >= 0.6 is 11.3 Å². The Balaban J connectivity index is 1.82. The highest BCUT2D eigenvalue weighted by atomic mass is 32.1. The van der Waals surface area contributed by atoms with E-state index in [1.54, 1.807) is 11.3 Å². The van der Waals surface area contributed by atoms with Gasteiger partial charge in [-0.05, 0) is 30.2 Å². The lowest BCUT2D eigenvalue weighted by Crippen LogP contribution is -2.00. The first-order valence-corrected chi connectivity index (χ1v) is 7.20. The molecule has 3 nitrogen and oxygen atoms in total. The number of para-hydroxylation sites is 1. The van der Waals surface area contributed by atoms with E-state index < -0.39 is 0 Å². The van der Waals surface area contributed by atoms with Crippen LogP contribution in [0.2, 0.25) is 0 Å². The molecule has 4 heteroatoms. The van der Waals surface area contributed by atoms with Crippen LogP contribution in [0.25, 0.3) is 10.2 Å². The molecule has 2 heterocycles. The Morgan fingerprint density at radius 1 is 1.16 bits per heavy atom. The van der Waals surface area contributed by atoms with Crippen LogP contribution in [0.1, 0.15) is 18.2 Å². The number of aromatic nitrogens is 2. The summed E-state index contributed by atoms with van der Waals surface area (Å²) in [5.41, 5.74) is 3.45. The Labute approximate surface area is 116 Å². The summed E-state index contributed by atoms with van der Waals surface area (Å²) in [7, 11) is 0. The number of hydrogen-bond acceptors (Lipinski definition) is 4. The summed E-state index contributed by atoms with van der Waals surface area (Å²) < 4.78 is 1.24. The largest absolute Gasteiger partial charge is 0.356 e. The molecule has 0 radical (unpaired) electrons. The van der Waals surface area contributed by atoms with Crippen LogP contribution in [0.4, 0.5) is 5.13 Å². The number of fused-ring (bicyclic) bond motifs is 1. The Morgan fingerprint density at radius 3 is 2.89 bits per heavy atom. The number of nitrogens with zero attached hydrogens (tertiary/aromatic N) is 2. The zero-order valence-electron chi connectivity index (χ0n) is 10.8. The first-order valence-electron chi connectivity index (χ1n) is 6.39. The second-order valence-electron chi connectivity index (χ2n) is 4.31. The maximum atomic E-state index is 4.68. The molecule has 0 saturated carbocycles. The average molecular weight is 269 g/mol. The zero-order valence-corrected chi connectivity index (χ0v) is 11.6. The quantitative estimate of drug-likeness (QED) is 0.781. The van der Waals surface area contributed by atoms with Crippen molar-refractivity contribution in [3.8, 4) is 0 Å². The molecule has 0 amide bonds. The lowest BCUT2D eigenvalue weighted by Gasteiger charge is -2.00. The highest BCUT2D eigenvalue weighted by molar-refractivity contribution is 7.22. The maximum Gasteiger partial charge on any atom is 0.184 e. The SMILES string of the molecule is CCc1cccc2sc(NCc3ccccn3)nc12. The molecule has 0 aliphatic heterocycles.